The van der Waals surface area contributed by atoms with Crippen molar-refractivity contribution < 1.29 is 26.7 Å². The van der Waals surface area contributed by atoms with E-state index in [1.807, 2.05) is 0 Å². The van der Waals surface area contributed by atoms with Crippen LogP contribution in [0.15, 0.2) is 0 Å². The monoisotopic (exact) mass is 326 g/mol. The van der Waals surface area contributed by atoms with Crippen molar-refractivity contribution in [2.75, 3.05) is 31.1 Å². The minimum atomic E-state index is -3.78. The Bertz CT molecular complexity index is 571. The molecule has 2 aliphatic heterocycles. The van der Waals surface area contributed by atoms with Crippen molar-refractivity contribution in [1.29, 1.82) is 0 Å². The number of hydrogen-bond acceptors (Lipinski definition) is 6. The second-order valence-corrected chi connectivity index (χ2v) is 9.53. The lowest BCUT2D eigenvalue weighted by molar-refractivity contribution is -0.141. The van der Waals surface area contributed by atoms with Crippen LogP contribution in [0.3, 0.4) is 0 Å². The summed E-state index contributed by atoms with van der Waals surface area (Å²) < 4.78 is 48.7. The van der Waals surface area contributed by atoms with E-state index in [0.717, 1.165) is 4.31 Å². The van der Waals surface area contributed by atoms with Gasteiger partial charge in [-0.3, -0.25) is 4.79 Å². The van der Waals surface area contributed by atoms with Gasteiger partial charge in [0, 0.05) is 19.6 Å². The summed E-state index contributed by atoms with van der Waals surface area (Å²) in [5.74, 6) is -1.49. The molecule has 0 bridgehead atoms. The van der Waals surface area contributed by atoms with Crippen molar-refractivity contribution in [2.24, 2.45) is 0 Å². The van der Waals surface area contributed by atoms with Crippen LogP contribution in [0.25, 0.3) is 0 Å². The molecule has 2 saturated heterocycles. The first kappa shape index (κ1) is 15.7. The molecule has 10 heteroatoms. The first-order valence-electron chi connectivity index (χ1n) is 6.38. The number of nitrogens with zero attached hydrogens (tertiary/aromatic N) is 1. The van der Waals surface area contributed by atoms with Crippen LogP contribution in [0.2, 0.25) is 0 Å². The predicted octanol–water partition coefficient (Wildman–Crippen LogP) is -1.75. The maximum Gasteiger partial charge on any atom is 0.323 e. The first-order valence-corrected chi connectivity index (χ1v) is 9.71. The van der Waals surface area contributed by atoms with E-state index in [0.29, 0.717) is 6.54 Å². The number of carboxylic acid groups (broad SMARTS) is 1. The molecule has 2 heterocycles. The first-order chi connectivity index (χ1) is 9.24. The van der Waals surface area contributed by atoms with Gasteiger partial charge in [0.15, 0.2) is 0 Å². The highest BCUT2D eigenvalue weighted by molar-refractivity contribution is 7.92. The molecule has 0 aromatic rings. The zero-order valence-electron chi connectivity index (χ0n) is 10.9. The molecule has 2 aliphatic rings. The summed E-state index contributed by atoms with van der Waals surface area (Å²) in [5.41, 5.74) is 0. The molecular formula is C10H18N2O6S2. The van der Waals surface area contributed by atoms with E-state index in [1.165, 1.54) is 0 Å². The highest BCUT2D eigenvalue weighted by Gasteiger charge is 2.42. The van der Waals surface area contributed by atoms with Crippen LogP contribution in [0.1, 0.15) is 12.8 Å². The molecule has 0 amide bonds. The lowest BCUT2D eigenvalue weighted by atomic mass is 10.2. The SMILES string of the molecule is O=C(O)C1CNCCN1S(=O)(=O)C1CCS(=O)(=O)CC1. The van der Waals surface area contributed by atoms with Gasteiger partial charge in [-0.05, 0) is 12.8 Å². The van der Waals surface area contributed by atoms with Gasteiger partial charge in [0.2, 0.25) is 10.0 Å². The smallest absolute Gasteiger partial charge is 0.323 e. The lowest BCUT2D eigenvalue weighted by Gasteiger charge is -2.36. The molecule has 0 aliphatic carbocycles. The standard InChI is InChI=1S/C10H18N2O6S2/c13-10(14)9-7-11-3-4-12(9)20(17,18)8-1-5-19(15,16)6-2-8/h8-9,11H,1-7H2,(H,13,14). The third-order valence-electron chi connectivity index (χ3n) is 3.73. The summed E-state index contributed by atoms with van der Waals surface area (Å²) in [4.78, 5) is 11.2. The maximum absolute atomic E-state index is 12.5. The number of rotatable bonds is 3. The fraction of sp³-hybridized carbons (Fsp3) is 0.900. The van der Waals surface area contributed by atoms with E-state index in [9.17, 15) is 21.6 Å². The number of carboxylic acids is 1. The van der Waals surface area contributed by atoms with Gasteiger partial charge in [-0.2, -0.15) is 4.31 Å². The maximum atomic E-state index is 12.5. The van der Waals surface area contributed by atoms with E-state index in [2.05, 4.69) is 5.32 Å². The van der Waals surface area contributed by atoms with Crippen LogP contribution in [-0.2, 0) is 24.7 Å². The molecule has 0 aromatic carbocycles. The van der Waals surface area contributed by atoms with Crippen molar-refractivity contribution >= 4 is 25.8 Å². The van der Waals surface area contributed by atoms with Crippen LogP contribution in [0.5, 0.6) is 0 Å². The molecule has 2 N–H and O–H groups in total. The number of hydrogen-bond donors (Lipinski definition) is 2. The Kier molecular flexibility index (Phi) is 4.38. The molecule has 116 valence electrons. The van der Waals surface area contributed by atoms with Crippen molar-refractivity contribution in [3.05, 3.63) is 0 Å². The van der Waals surface area contributed by atoms with E-state index < -0.39 is 37.1 Å². The van der Waals surface area contributed by atoms with Gasteiger partial charge < -0.3 is 10.4 Å². The Hall–Kier alpha value is -0.710. The summed E-state index contributed by atoms with van der Waals surface area (Å²) in [6.45, 7) is 0.566. The van der Waals surface area contributed by atoms with E-state index in [4.69, 9.17) is 5.11 Å². The molecule has 0 radical (unpaired) electrons. The fourth-order valence-electron chi connectivity index (χ4n) is 2.56. The van der Waals surface area contributed by atoms with Crippen molar-refractivity contribution in [3.63, 3.8) is 0 Å². The van der Waals surface area contributed by atoms with Crippen LogP contribution < -0.4 is 5.32 Å². The van der Waals surface area contributed by atoms with Crippen molar-refractivity contribution in [2.45, 2.75) is 24.1 Å². The summed E-state index contributed by atoms with van der Waals surface area (Å²) in [6.07, 6.45) is 0.0852. The summed E-state index contributed by atoms with van der Waals surface area (Å²) in [5, 5.41) is 11.2. The molecule has 1 atom stereocenters. The minimum Gasteiger partial charge on any atom is -0.480 e. The van der Waals surface area contributed by atoms with Gasteiger partial charge in [-0.25, -0.2) is 16.8 Å². The number of piperazine rings is 1. The van der Waals surface area contributed by atoms with E-state index >= 15 is 0 Å². The van der Waals surface area contributed by atoms with Crippen LogP contribution in [0, 0.1) is 0 Å². The molecule has 0 saturated carbocycles. The molecule has 0 aromatic heterocycles. The molecule has 1 unspecified atom stereocenters. The van der Waals surface area contributed by atoms with Gasteiger partial charge in [-0.1, -0.05) is 0 Å². The number of carbonyl (C=O) groups is 1. The molecule has 2 fully saturated rings. The average Bonchev–Trinajstić information content (AvgIpc) is 2.38. The Morgan fingerprint density at radius 2 is 1.85 bits per heavy atom. The van der Waals surface area contributed by atoms with Gasteiger partial charge in [-0.15, -0.1) is 0 Å². The van der Waals surface area contributed by atoms with Crippen LogP contribution in [0.4, 0.5) is 0 Å². The molecule has 20 heavy (non-hydrogen) atoms. The lowest BCUT2D eigenvalue weighted by Crippen LogP contribution is -2.59. The van der Waals surface area contributed by atoms with E-state index in [1.54, 1.807) is 0 Å². The van der Waals surface area contributed by atoms with Crippen LogP contribution in [-0.4, -0.2) is 74.6 Å². The normalized spacial score (nSPS) is 29.1. The highest BCUT2D eigenvalue weighted by atomic mass is 32.2. The summed E-state index contributed by atoms with van der Waals surface area (Å²) >= 11 is 0. The third-order valence-corrected chi connectivity index (χ3v) is 7.85. The molecule has 2 rings (SSSR count). The molecule has 0 spiro atoms. The fourth-order valence-corrected chi connectivity index (χ4v) is 6.43. The zero-order chi connectivity index (χ0) is 15.0. The van der Waals surface area contributed by atoms with Crippen LogP contribution >= 0.6 is 0 Å². The Morgan fingerprint density at radius 1 is 1.25 bits per heavy atom. The number of sulfone groups is 1. The van der Waals surface area contributed by atoms with E-state index in [-0.39, 0.29) is 37.4 Å². The second-order valence-electron chi connectivity index (χ2n) is 5.06. The zero-order valence-corrected chi connectivity index (χ0v) is 12.5. The predicted molar refractivity (Wildman–Crippen MR) is 71.6 cm³/mol. The Labute approximate surface area is 118 Å². The highest BCUT2D eigenvalue weighted by Crippen LogP contribution is 2.24. The number of sulfonamides is 1. The summed E-state index contributed by atoms with van der Waals surface area (Å²) in [7, 11) is -6.93. The van der Waals surface area contributed by atoms with Crippen molar-refractivity contribution in [1.82, 2.24) is 9.62 Å². The van der Waals surface area contributed by atoms with Gasteiger partial charge in [0.1, 0.15) is 15.9 Å². The molecular weight excluding hydrogens is 308 g/mol. The summed E-state index contributed by atoms with van der Waals surface area (Å²) in [6, 6.07) is -1.12. The van der Waals surface area contributed by atoms with Crippen molar-refractivity contribution in [3.8, 4) is 0 Å². The second kappa shape index (κ2) is 5.58. The minimum absolute atomic E-state index is 0.0426. The molecule has 8 nitrogen and oxygen atoms in total. The van der Waals surface area contributed by atoms with Gasteiger partial charge in [0.05, 0.1) is 16.8 Å². The number of nitrogens with one attached hydrogen (secondary N) is 1. The Balaban J connectivity index is 2.19. The Morgan fingerprint density at radius 3 is 2.40 bits per heavy atom. The quantitative estimate of drug-likeness (QED) is 0.631. The van der Waals surface area contributed by atoms with Gasteiger partial charge in [0.25, 0.3) is 0 Å². The number of aliphatic carboxylic acids is 1. The topological polar surface area (TPSA) is 121 Å². The largest absolute Gasteiger partial charge is 0.480 e. The third kappa shape index (κ3) is 3.13. The average molecular weight is 326 g/mol. The van der Waals surface area contributed by atoms with Gasteiger partial charge >= 0.3 is 5.97 Å².